The number of carboxylic acids is 1. The molecule has 1 aromatic carbocycles. The van der Waals surface area contributed by atoms with Gasteiger partial charge >= 0.3 is 5.97 Å². The number of hydrogen-bond donors (Lipinski definition) is 2. The highest BCUT2D eigenvalue weighted by Crippen LogP contribution is 2.22. The van der Waals surface area contributed by atoms with E-state index in [1.54, 1.807) is 0 Å². The topological polar surface area (TPSA) is 86.7 Å². The Balaban J connectivity index is 2.14. The van der Waals surface area contributed by atoms with Crippen LogP contribution in [0.3, 0.4) is 0 Å². The first-order valence-electron chi connectivity index (χ1n) is 6.84. The van der Waals surface area contributed by atoms with Gasteiger partial charge in [0.2, 0.25) is 10.0 Å². The third-order valence-corrected chi connectivity index (χ3v) is 6.22. The molecule has 2 N–H and O–H groups in total. The van der Waals surface area contributed by atoms with Gasteiger partial charge in [-0.25, -0.2) is 17.9 Å². The zero-order valence-electron chi connectivity index (χ0n) is 12.8. The number of nitrogens with zero attached hydrogens (tertiary/aromatic N) is 1. The van der Waals surface area contributed by atoms with Gasteiger partial charge in [-0.05, 0) is 25.7 Å². The summed E-state index contributed by atoms with van der Waals surface area (Å²) in [6.07, 6.45) is 0. The number of hydrogen-bond acceptors (Lipinski definition) is 5. The Morgan fingerprint density at radius 2 is 1.96 bits per heavy atom. The number of benzene rings is 1. The van der Waals surface area contributed by atoms with Crippen LogP contribution < -0.4 is 4.72 Å². The Morgan fingerprint density at radius 3 is 2.48 bits per heavy atom. The number of nitrogens with one attached hydrogen (secondary N) is 1. The van der Waals surface area contributed by atoms with E-state index in [1.807, 2.05) is 49.3 Å². The lowest BCUT2D eigenvalue weighted by molar-refractivity contribution is 0.0697. The van der Waals surface area contributed by atoms with Gasteiger partial charge in [-0.15, -0.1) is 11.3 Å². The summed E-state index contributed by atoms with van der Waals surface area (Å²) in [5.41, 5.74) is 0.972. The Hall–Kier alpha value is -1.74. The summed E-state index contributed by atoms with van der Waals surface area (Å²) < 4.78 is 27.2. The average Bonchev–Trinajstić information content (AvgIpc) is 2.99. The van der Waals surface area contributed by atoms with E-state index in [0.29, 0.717) is 0 Å². The maximum atomic E-state index is 12.3. The predicted octanol–water partition coefficient (Wildman–Crippen LogP) is 2.03. The second-order valence-electron chi connectivity index (χ2n) is 5.20. The van der Waals surface area contributed by atoms with Crippen LogP contribution in [-0.2, 0) is 10.0 Å². The fourth-order valence-corrected chi connectivity index (χ4v) is 4.34. The van der Waals surface area contributed by atoms with Crippen LogP contribution in [0.5, 0.6) is 0 Å². The predicted molar refractivity (Wildman–Crippen MR) is 89.3 cm³/mol. The van der Waals surface area contributed by atoms with E-state index in [9.17, 15) is 13.2 Å². The molecule has 0 aliphatic heterocycles. The second-order valence-corrected chi connectivity index (χ2v) is 8.11. The quantitative estimate of drug-likeness (QED) is 0.794. The minimum Gasteiger partial charge on any atom is -0.478 e. The monoisotopic (exact) mass is 354 g/mol. The van der Waals surface area contributed by atoms with Crippen molar-refractivity contribution in [3.05, 3.63) is 52.9 Å². The highest BCUT2D eigenvalue weighted by atomic mass is 32.2. The highest BCUT2D eigenvalue weighted by molar-refractivity contribution is 7.91. The van der Waals surface area contributed by atoms with Crippen molar-refractivity contribution >= 4 is 27.3 Å². The molecule has 0 aliphatic rings. The summed E-state index contributed by atoms with van der Waals surface area (Å²) in [6.45, 7) is 0.194. The molecule has 23 heavy (non-hydrogen) atoms. The van der Waals surface area contributed by atoms with Crippen LogP contribution >= 0.6 is 11.3 Å². The molecule has 0 amide bonds. The Labute approximate surface area is 139 Å². The maximum Gasteiger partial charge on any atom is 0.336 e. The molecule has 1 heterocycles. The molecule has 0 radical (unpaired) electrons. The highest BCUT2D eigenvalue weighted by Gasteiger charge is 2.22. The molecule has 2 aromatic rings. The van der Waals surface area contributed by atoms with E-state index in [2.05, 4.69) is 4.72 Å². The summed E-state index contributed by atoms with van der Waals surface area (Å²) in [5.74, 6) is -1.14. The molecular weight excluding hydrogens is 336 g/mol. The first-order chi connectivity index (χ1) is 10.8. The van der Waals surface area contributed by atoms with Gasteiger partial charge in [0.15, 0.2) is 0 Å². The first kappa shape index (κ1) is 17.6. The van der Waals surface area contributed by atoms with Gasteiger partial charge in [0.05, 0.1) is 5.56 Å². The molecule has 0 aliphatic carbocycles. The van der Waals surface area contributed by atoms with Crippen LogP contribution in [0.1, 0.15) is 22.0 Å². The van der Waals surface area contributed by atoms with Crippen LogP contribution in [0.15, 0.2) is 46.0 Å². The number of aromatic carboxylic acids is 1. The third-order valence-electron chi connectivity index (χ3n) is 3.36. The van der Waals surface area contributed by atoms with E-state index in [4.69, 9.17) is 5.11 Å². The molecule has 124 valence electrons. The lowest BCUT2D eigenvalue weighted by atomic mass is 10.1. The maximum absolute atomic E-state index is 12.3. The van der Waals surface area contributed by atoms with Crippen LogP contribution in [0.4, 0.5) is 0 Å². The molecule has 8 heteroatoms. The molecule has 0 saturated carbocycles. The lowest BCUT2D eigenvalue weighted by Gasteiger charge is -2.24. The van der Waals surface area contributed by atoms with Gasteiger partial charge in [0, 0.05) is 18.0 Å². The molecule has 1 aromatic heterocycles. The van der Waals surface area contributed by atoms with Crippen molar-refractivity contribution in [2.24, 2.45) is 0 Å². The van der Waals surface area contributed by atoms with Crippen molar-refractivity contribution in [3.63, 3.8) is 0 Å². The molecule has 0 fully saturated rings. The molecule has 0 bridgehead atoms. The van der Waals surface area contributed by atoms with E-state index in [1.165, 1.54) is 11.4 Å². The van der Waals surface area contributed by atoms with Crippen LogP contribution in [-0.4, -0.2) is 45.0 Å². The van der Waals surface area contributed by atoms with Crippen molar-refractivity contribution in [1.82, 2.24) is 9.62 Å². The van der Waals surface area contributed by atoms with Crippen molar-refractivity contribution in [2.75, 3.05) is 20.6 Å². The molecular formula is C15H18N2O4S2. The SMILES string of the molecule is CN(C)C(CNS(=O)(=O)c1cc(C(=O)O)cs1)c1ccccc1. The minimum atomic E-state index is -3.73. The van der Waals surface area contributed by atoms with Gasteiger partial charge in [0.1, 0.15) is 4.21 Å². The fourth-order valence-electron chi connectivity index (χ4n) is 2.10. The summed E-state index contributed by atoms with van der Waals surface area (Å²) in [6, 6.07) is 10.6. The summed E-state index contributed by atoms with van der Waals surface area (Å²) in [7, 11) is 0.0183. The standard InChI is InChI=1S/C15H18N2O4S2/c1-17(2)13(11-6-4-3-5-7-11)9-16-23(20,21)14-8-12(10-22-14)15(18)19/h3-8,10,13,16H,9H2,1-2H3,(H,18,19). The Morgan fingerprint density at radius 1 is 1.30 bits per heavy atom. The van der Waals surface area contributed by atoms with Crippen molar-refractivity contribution < 1.29 is 18.3 Å². The average molecular weight is 354 g/mol. The molecule has 2 rings (SSSR count). The number of carbonyl (C=O) groups is 1. The van der Waals surface area contributed by atoms with Gasteiger partial charge in [0.25, 0.3) is 0 Å². The number of likely N-dealkylation sites (N-methyl/N-ethyl adjacent to an activating group) is 1. The van der Waals surface area contributed by atoms with Crippen molar-refractivity contribution in [2.45, 2.75) is 10.3 Å². The first-order valence-corrected chi connectivity index (χ1v) is 9.20. The lowest BCUT2D eigenvalue weighted by Crippen LogP contribution is -2.34. The number of carboxylic acid groups (broad SMARTS) is 1. The number of rotatable bonds is 7. The van der Waals surface area contributed by atoms with Crippen LogP contribution in [0.25, 0.3) is 0 Å². The molecule has 0 spiro atoms. The largest absolute Gasteiger partial charge is 0.478 e. The number of sulfonamides is 1. The van der Waals surface area contributed by atoms with Gasteiger partial charge in [-0.2, -0.15) is 0 Å². The normalized spacial score (nSPS) is 13.2. The summed E-state index contributed by atoms with van der Waals surface area (Å²) >= 11 is 0.896. The van der Waals surface area contributed by atoms with E-state index >= 15 is 0 Å². The number of thiophene rings is 1. The Bertz CT molecular complexity index is 770. The smallest absolute Gasteiger partial charge is 0.336 e. The van der Waals surface area contributed by atoms with E-state index in [-0.39, 0.29) is 22.4 Å². The van der Waals surface area contributed by atoms with Crippen molar-refractivity contribution in [3.8, 4) is 0 Å². The van der Waals surface area contributed by atoms with E-state index < -0.39 is 16.0 Å². The van der Waals surface area contributed by atoms with Crippen LogP contribution in [0.2, 0.25) is 0 Å². The van der Waals surface area contributed by atoms with E-state index in [0.717, 1.165) is 16.9 Å². The molecule has 1 atom stereocenters. The summed E-state index contributed by atoms with van der Waals surface area (Å²) in [5, 5.41) is 10.2. The molecule has 6 nitrogen and oxygen atoms in total. The summed E-state index contributed by atoms with van der Waals surface area (Å²) in [4.78, 5) is 12.8. The fraction of sp³-hybridized carbons (Fsp3) is 0.267. The van der Waals surface area contributed by atoms with Crippen molar-refractivity contribution in [1.29, 1.82) is 0 Å². The van der Waals surface area contributed by atoms with Gasteiger partial charge in [-0.1, -0.05) is 30.3 Å². The Kier molecular flexibility index (Phi) is 5.53. The zero-order valence-corrected chi connectivity index (χ0v) is 14.4. The second kappa shape index (κ2) is 7.22. The van der Waals surface area contributed by atoms with Crippen LogP contribution in [0, 0.1) is 0 Å². The molecule has 0 saturated heterocycles. The zero-order chi connectivity index (χ0) is 17.0. The third kappa shape index (κ3) is 4.38. The van der Waals surface area contributed by atoms with Gasteiger partial charge < -0.3 is 10.0 Å². The molecule has 1 unspecified atom stereocenters. The van der Waals surface area contributed by atoms with Gasteiger partial charge in [-0.3, -0.25) is 0 Å². The minimum absolute atomic E-state index is 0.000433.